The molecule has 0 atom stereocenters. The molecule has 0 amide bonds. The highest BCUT2D eigenvalue weighted by Gasteiger charge is 2.12. The monoisotopic (exact) mass is 304 g/mol. The third-order valence-electron chi connectivity index (χ3n) is 3.17. The van der Waals surface area contributed by atoms with Crippen LogP contribution in [0.5, 0.6) is 0 Å². The summed E-state index contributed by atoms with van der Waals surface area (Å²) in [6.45, 7) is 2.22. The molecular weight excluding hydrogens is 280 g/mol. The number of aryl methyl sites for hydroxylation is 1. The van der Waals surface area contributed by atoms with Crippen molar-refractivity contribution in [3.8, 4) is 0 Å². The van der Waals surface area contributed by atoms with E-state index in [2.05, 4.69) is 6.92 Å². The van der Waals surface area contributed by atoms with Gasteiger partial charge < -0.3 is 0 Å². The molecule has 1 N–H and O–H groups in total. The molecule has 110 valence electrons. The molecule has 0 saturated carbocycles. The first-order valence-corrected chi connectivity index (χ1v) is 9.36. The van der Waals surface area contributed by atoms with Gasteiger partial charge in [-0.15, -0.1) is 11.3 Å². The van der Waals surface area contributed by atoms with Crippen LogP contribution in [-0.4, -0.2) is 13.0 Å². The van der Waals surface area contributed by atoms with Gasteiger partial charge in [0.25, 0.3) is 0 Å². The summed E-state index contributed by atoms with van der Waals surface area (Å²) in [5.41, 5.74) is 0. The lowest BCUT2D eigenvalue weighted by molar-refractivity contribution is 0.485. The van der Waals surface area contributed by atoms with E-state index in [-0.39, 0.29) is 4.21 Å². The zero-order valence-corrected chi connectivity index (χ0v) is 13.2. The Kier molecular flexibility index (Phi) is 7.64. The highest BCUT2D eigenvalue weighted by Crippen LogP contribution is 2.23. The van der Waals surface area contributed by atoms with Gasteiger partial charge in [0.05, 0.1) is 0 Å². The van der Waals surface area contributed by atoms with Crippen molar-refractivity contribution in [2.24, 2.45) is 0 Å². The summed E-state index contributed by atoms with van der Waals surface area (Å²) in [6.07, 6.45) is 11.1. The molecule has 0 aliphatic rings. The predicted molar refractivity (Wildman–Crippen MR) is 80.4 cm³/mol. The van der Waals surface area contributed by atoms with Gasteiger partial charge >= 0.3 is 10.1 Å². The SMILES string of the molecule is CCCCCCCCCCc1ccc(S(=O)(=O)O)s1. The second-order valence-electron chi connectivity index (χ2n) is 4.92. The fourth-order valence-electron chi connectivity index (χ4n) is 2.06. The van der Waals surface area contributed by atoms with E-state index in [1.165, 1.54) is 62.3 Å². The summed E-state index contributed by atoms with van der Waals surface area (Å²) < 4.78 is 30.8. The first-order valence-electron chi connectivity index (χ1n) is 7.10. The standard InChI is InChI=1S/C14H24O3S2/c1-2-3-4-5-6-7-8-9-10-13-11-12-14(18-13)19(15,16)17/h11-12H,2-10H2,1H3,(H,15,16,17). The first kappa shape index (κ1) is 16.7. The molecule has 0 radical (unpaired) electrons. The van der Waals surface area contributed by atoms with Gasteiger partial charge in [-0.05, 0) is 25.0 Å². The first-order chi connectivity index (χ1) is 9.04. The van der Waals surface area contributed by atoms with Crippen LogP contribution in [0.15, 0.2) is 16.3 Å². The van der Waals surface area contributed by atoms with Gasteiger partial charge in [0.15, 0.2) is 0 Å². The van der Waals surface area contributed by atoms with Crippen molar-refractivity contribution in [3.05, 3.63) is 17.0 Å². The van der Waals surface area contributed by atoms with E-state index in [1.807, 2.05) is 0 Å². The van der Waals surface area contributed by atoms with Crippen LogP contribution < -0.4 is 0 Å². The fourth-order valence-corrected chi connectivity index (χ4v) is 3.82. The summed E-state index contributed by atoms with van der Waals surface area (Å²) in [4.78, 5) is 1.04. The van der Waals surface area contributed by atoms with Crippen molar-refractivity contribution in [1.29, 1.82) is 0 Å². The number of rotatable bonds is 10. The van der Waals surface area contributed by atoms with E-state index in [1.54, 1.807) is 6.07 Å². The average Bonchev–Trinajstić information content (AvgIpc) is 2.81. The molecule has 0 saturated heterocycles. The second kappa shape index (κ2) is 8.72. The molecule has 0 unspecified atom stereocenters. The smallest absolute Gasteiger partial charge is 0.281 e. The van der Waals surface area contributed by atoms with E-state index < -0.39 is 10.1 Å². The maximum atomic E-state index is 10.9. The minimum absolute atomic E-state index is 0.0575. The van der Waals surface area contributed by atoms with E-state index in [0.717, 1.165) is 17.7 Å². The van der Waals surface area contributed by atoms with Crippen LogP contribution in [0.1, 0.15) is 63.2 Å². The van der Waals surface area contributed by atoms with Crippen molar-refractivity contribution < 1.29 is 13.0 Å². The van der Waals surface area contributed by atoms with Crippen LogP contribution in [0.25, 0.3) is 0 Å². The van der Waals surface area contributed by atoms with Gasteiger partial charge in [0.2, 0.25) is 0 Å². The Morgan fingerprint density at radius 3 is 2.11 bits per heavy atom. The molecule has 0 fully saturated rings. The molecular formula is C14H24O3S2. The van der Waals surface area contributed by atoms with Gasteiger partial charge in [-0.1, -0.05) is 51.9 Å². The van der Waals surface area contributed by atoms with Crippen molar-refractivity contribution >= 4 is 21.5 Å². The molecule has 1 aromatic heterocycles. The summed E-state index contributed by atoms with van der Waals surface area (Å²) in [5.74, 6) is 0. The fraction of sp³-hybridized carbons (Fsp3) is 0.714. The Labute approximate surface area is 120 Å². The number of unbranched alkanes of at least 4 members (excludes halogenated alkanes) is 7. The van der Waals surface area contributed by atoms with E-state index >= 15 is 0 Å². The van der Waals surface area contributed by atoms with Gasteiger partial charge in [0, 0.05) is 4.88 Å². The maximum Gasteiger partial charge on any atom is 0.304 e. The van der Waals surface area contributed by atoms with E-state index in [0.29, 0.717) is 0 Å². The minimum Gasteiger partial charge on any atom is -0.281 e. The predicted octanol–water partition coefficient (Wildman–Crippen LogP) is 4.68. The zero-order chi connectivity index (χ0) is 14.1. The molecule has 0 bridgehead atoms. The Hall–Kier alpha value is -0.390. The Balaban J connectivity index is 2.11. The van der Waals surface area contributed by atoms with Crippen LogP contribution in [-0.2, 0) is 16.5 Å². The highest BCUT2D eigenvalue weighted by atomic mass is 32.3. The van der Waals surface area contributed by atoms with Crippen LogP contribution in [0.2, 0.25) is 0 Å². The molecule has 1 aromatic rings. The Morgan fingerprint density at radius 1 is 1.00 bits per heavy atom. The molecule has 0 aromatic carbocycles. The molecule has 0 aliphatic carbocycles. The molecule has 5 heteroatoms. The number of thiophene rings is 1. The summed E-state index contributed by atoms with van der Waals surface area (Å²) >= 11 is 1.18. The average molecular weight is 304 g/mol. The van der Waals surface area contributed by atoms with Crippen molar-refractivity contribution in [3.63, 3.8) is 0 Å². The lowest BCUT2D eigenvalue weighted by atomic mass is 10.1. The van der Waals surface area contributed by atoms with Gasteiger partial charge in [-0.25, -0.2) is 0 Å². The second-order valence-corrected chi connectivity index (χ2v) is 7.74. The van der Waals surface area contributed by atoms with Crippen LogP contribution in [0, 0.1) is 0 Å². The molecule has 1 heterocycles. The zero-order valence-electron chi connectivity index (χ0n) is 11.6. The van der Waals surface area contributed by atoms with Gasteiger partial charge in [0.1, 0.15) is 4.21 Å². The van der Waals surface area contributed by atoms with Gasteiger partial charge in [-0.3, -0.25) is 4.55 Å². The van der Waals surface area contributed by atoms with E-state index in [9.17, 15) is 8.42 Å². The van der Waals surface area contributed by atoms with Gasteiger partial charge in [-0.2, -0.15) is 8.42 Å². The van der Waals surface area contributed by atoms with Crippen molar-refractivity contribution in [2.45, 2.75) is 68.9 Å². The highest BCUT2D eigenvalue weighted by molar-refractivity contribution is 7.88. The van der Waals surface area contributed by atoms with E-state index in [4.69, 9.17) is 4.55 Å². The molecule has 1 rings (SSSR count). The number of hydrogen-bond acceptors (Lipinski definition) is 3. The van der Waals surface area contributed by atoms with Crippen LogP contribution >= 0.6 is 11.3 Å². The third kappa shape index (κ3) is 7.09. The lowest BCUT2D eigenvalue weighted by Crippen LogP contribution is -1.93. The quantitative estimate of drug-likeness (QED) is 0.504. The molecule has 0 aliphatic heterocycles. The summed E-state index contributed by atoms with van der Waals surface area (Å²) in [6, 6.07) is 3.29. The molecule has 0 spiro atoms. The number of hydrogen-bond donors (Lipinski definition) is 1. The van der Waals surface area contributed by atoms with Crippen LogP contribution in [0.3, 0.4) is 0 Å². The third-order valence-corrected chi connectivity index (χ3v) is 5.63. The largest absolute Gasteiger partial charge is 0.304 e. The Morgan fingerprint density at radius 2 is 1.58 bits per heavy atom. The van der Waals surface area contributed by atoms with Crippen molar-refractivity contribution in [1.82, 2.24) is 0 Å². The lowest BCUT2D eigenvalue weighted by Gasteiger charge is -2.00. The maximum absolute atomic E-state index is 10.9. The minimum atomic E-state index is -4.01. The van der Waals surface area contributed by atoms with Crippen LogP contribution in [0.4, 0.5) is 0 Å². The molecule has 3 nitrogen and oxygen atoms in total. The summed E-state index contributed by atoms with van der Waals surface area (Å²) in [5, 5.41) is 0. The Bertz CT molecular complexity index is 449. The summed E-state index contributed by atoms with van der Waals surface area (Å²) in [7, 11) is -4.01. The molecule has 19 heavy (non-hydrogen) atoms. The normalized spacial score (nSPS) is 11.9. The topological polar surface area (TPSA) is 54.4 Å². The van der Waals surface area contributed by atoms with Crippen molar-refractivity contribution in [2.75, 3.05) is 0 Å².